The lowest BCUT2D eigenvalue weighted by Crippen LogP contribution is -2.27. The van der Waals surface area contributed by atoms with E-state index in [2.05, 4.69) is 9.82 Å². The number of alkyl halides is 1. The van der Waals surface area contributed by atoms with Gasteiger partial charge in [0, 0.05) is 19.0 Å². The van der Waals surface area contributed by atoms with Gasteiger partial charge in [0.2, 0.25) is 0 Å². The Kier molecular flexibility index (Phi) is 4.12. The lowest BCUT2D eigenvalue weighted by molar-refractivity contribution is 0.561. The first-order valence-corrected chi connectivity index (χ1v) is 6.47. The molecular formula is C8H14ClN3O2S. The number of aryl methyl sites for hydroxylation is 1. The predicted octanol–water partition coefficient (Wildman–Crippen LogP) is 0.716. The SMILES string of the molecule is CC(Cl)CCNS(=O)(=O)c1ccnn1C. The van der Waals surface area contributed by atoms with Crippen LogP contribution in [0.5, 0.6) is 0 Å². The van der Waals surface area contributed by atoms with Crippen LogP contribution in [0.4, 0.5) is 0 Å². The summed E-state index contributed by atoms with van der Waals surface area (Å²) in [7, 11) is -1.87. The Morgan fingerprint density at radius 1 is 1.67 bits per heavy atom. The summed E-state index contributed by atoms with van der Waals surface area (Å²) < 4.78 is 27.1. The normalized spacial score (nSPS) is 14.1. The summed E-state index contributed by atoms with van der Waals surface area (Å²) >= 11 is 5.71. The third-order valence-corrected chi connectivity index (χ3v) is 3.64. The van der Waals surface area contributed by atoms with Crippen LogP contribution in [0.3, 0.4) is 0 Å². The number of hydrogen-bond donors (Lipinski definition) is 1. The van der Waals surface area contributed by atoms with E-state index < -0.39 is 10.0 Å². The average Bonchev–Trinajstić information content (AvgIpc) is 2.50. The fourth-order valence-electron chi connectivity index (χ4n) is 1.09. The molecule has 0 aromatic carbocycles. The first-order chi connectivity index (χ1) is 6.93. The van der Waals surface area contributed by atoms with Crippen molar-refractivity contribution in [3.05, 3.63) is 12.3 Å². The highest BCUT2D eigenvalue weighted by Gasteiger charge is 2.17. The number of rotatable bonds is 5. The first kappa shape index (κ1) is 12.5. The quantitative estimate of drug-likeness (QED) is 0.785. The van der Waals surface area contributed by atoms with Gasteiger partial charge < -0.3 is 0 Å². The van der Waals surface area contributed by atoms with Crippen LogP contribution < -0.4 is 4.72 Å². The molecule has 1 aromatic heterocycles. The molecule has 15 heavy (non-hydrogen) atoms. The van der Waals surface area contributed by atoms with Gasteiger partial charge in [0.15, 0.2) is 5.03 Å². The van der Waals surface area contributed by atoms with Gasteiger partial charge in [-0.1, -0.05) is 0 Å². The maximum atomic E-state index is 11.7. The summed E-state index contributed by atoms with van der Waals surface area (Å²) in [5, 5.41) is 3.91. The predicted molar refractivity (Wildman–Crippen MR) is 58.3 cm³/mol. The summed E-state index contributed by atoms with van der Waals surface area (Å²) in [4.78, 5) is 0. The number of aromatic nitrogens is 2. The molecule has 7 heteroatoms. The van der Waals surface area contributed by atoms with Crippen molar-refractivity contribution < 1.29 is 8.42 Å². The van der Waals surface area contributed by atoms with Crippen LogP contribution >= 0.6 is 11.6 Å². The van der Waals surface area contributed by atoms with Gasteiger partial charge in [0.25, 0.3) is 10.0 Å². The molecule has 1 unspecified atom stereocenters. The van der Waals surface area contributed by atoms with Crippen molar-refractivity contribution >= 4 is 21.6 Å². The Morgan fingerprint density at radius 2 is 2.33 bits per heavy atom. The van der Waals surface area contributed by atoms with E-state index in [0.717, 1.165) is 0 Å². The molecule has 86 valence electrons. The van der Waals surface area contributed by atoms with E-state index in [-0.39, 0.29) is 10.4 Å². The van der Waals surface area contributed by atoms with Crippen molar-refractivity contribution in [1.82, 2.24) is 14.5 Å². The fourth-order valence-corrected chi connectivity index (χ4v) is 2.37. The molecule has 0 aliphatic heterocycles. The maximum absolute atomic E-state index is 11.7. The lowest BCUT2D eigenvalue weighted by atomic mass is 10.3. The molecule has 1 N–H and O–H groups in total. The molecular weight excluding hydrogens is 238 g/mol. The van der Waals surface area contributed by atoms with Crippen LogP contribution in [0.2, 0.25) is 0 Å². The highest BCUT2D eigenvalue weighted by Crippen LogP contribution is 2.06. The van der Waals surface area contributed by atoms with Gasteiger partial charge in [-0.25, -0.2) is 13.1 Å². The van der Waals surface area contributed by atoms with Crippen molar-refractivity contribution in [1.29, 1.82) is 0 Å². The minimum absolute atomic E-state index is 0.0424. The summed E-state index contributed by atoms with van der Waals surface area (Å²) in [6, 6.07) is 1.45. The second-order valence-corrected chi connectivity index (χ2v) is 5.72. The highest BCUT2D eigenvalue weighted by atomic mass is 35.5. The second kappa shape index (κ2) is 4.96. The average molecular weight is 252 g/mol. The number of nitrogens with zero attached hydrogens (tertiary/aromatic N) is 2. The number of halogens is 1. The van der Waals surface area contributed by atoms with Crippen LogP contribution in [-0.4, -0.2) is 30.1 Å². The molecule has 0 spiro atoms. The Morgan fingerprint density at radius 3 is 2.80 bits per heavy atom. The summed E-state index contributed by atoms with van der Waals surface area (Å²) in [5.41, 5.74) is 0. The van der Waals surface area contributed by atoms with Gasteiger partial charge in [-0.15, -0.1) is 11.6 Å². The van der Waals surface area contributed by atoms with Crippen molar-refractivity contribution in [2.45, 2.75) is 23.7 Å². The van der Waals surface area contributed by atoms with E-state index in [4.69, 9.17) is 11.6 Å². The van der Waals surface area contributed by atoms with Gasteiger partial charge in [0.1, 0.15) is 0 Å². The molecule has 0 amide bonds. The minimum atomic E-state index is -3.45. The monoisotopic (exact) mass is 251 g/mol. The molecule has 5 nitrogen and oxygen atoms in total. The molecule has 0 aliphatic carbocycles. The van der Waals surface area contributed by atoms with Gasteiger partial charge in [-0.05, 0) is 19.4 Å². The molecule has 0 saturated heterocycles. The third kappa shape index (κ3) is 3.48. The number of sulfonamides is 1. The fraction of sp³-hybridized carbons (Fsp3) is 0.625. The zero-order valence-electron chi connectivity index (χ0n) is 8.64. The molecule has 0 saturated carbocycles. The highest BCUT2D eigenvalue weighted by molar-refractivity contribution is 7.89. The van der Waals surface area contributed by atoms with E-state index in [9.17, 15) is 8.42 Å². The van der Waals surface area contributed by atoms with Crippen molar-refractivity contribution in [3.8, 4) is 0 Å². The van der Waals surface area contributed by atoms with Gasteiger partial charge in [0.05, 0.1) is 6.20 Å². The molecule has 0 bridgehead atoms. The third-order valence-electron chi connectivity index (χ3n) is 1.89. The molecule has 0 aliphatic rings. The van der Waals surface area contributed by atoms with E-state index in [1.807, 2.05) is 6.92 Å². The van der Waals surface area contributed by atoms with Crippen LogP contribution in [0.1, 0.15) is 13.3 Å². The van der Waals surface area contributed by atoms with Gasteiger partial charge >= 0.3 is 0 Å². The molecule has 1 aromatic rings. The summed E-state index contributed by atoms with van der Waals surface area (Å²) in [6.45, 7) is 2.15. The number of hydrogen-bond acceptors (Lipinski definition) is 3. The van der Waals surface area contributed by atoms with Crippen LogP contribution in [0.25, 0.3) is 0 Å². The Bertz CT molecular complexity index is 413. The van der Waals surface area contributed by atoms with Crippen molar-refractivity contribution in [3.63, 3.8) is 0 Å². The van der Waals surface area contributed by atoms with Gasteiger partial charge in [-0.3, -0.25) is 4.68 Å². The van der Waals surface area contributed by atoms with Crippen molar-refractivity contribution in [2.24, 2.45) is 7.05 Å². The van der Waals surface area contributed by atoms with Crippen LogP contribution in [-0.2, 0) is 17.1 Å². The number of nitrogens with one attached hydrogen (secondary N) is 1. The van der Waals surface area contributed by atoms with Crippen LogP contribution in [0, 0.1) is 0 Å². The largest absolute Gasteiger partial charge is 0.257 e. The lowest BCUT2D eigenvalue weighted by Gasteiger charge is -2.07. The Hall–Kier alpha value is -0.590. The first-order valence-electron chi connectivity index (χ1n) is 4.55. The topological polar surface area (TPSA) is 64.0 Å². The van der Waals surface area contributed by atoms with E-state index in [0.29, 0.717) is 13.0 Å². The Balaban J connectivity index is 2.65. The van der Waals surface area contributed by atoms with E-state index in [1.165, 1.54) is 16.9 Å². The van der Waals surface area contributed by atoms with Gasteiger partial charge in [-0.2, -0.15) is 5.10 Å². The molecule has 1 atom stereocenters. The summed E-state index contributed by atoms with van der Waals surface area (Å²) in [5.74, 6) is 0. The Labute approximate surface area is 94.5 Å². The molecule has 0 radical (unpaired) electrons. The smallest absolute Gasteiger partial charge is 0.256 e. The van der Waals surface area contributed by atoms with E-state index >= 15 is 0 Å². The van der Waals surface area contributed by atoms with Crippen LogP contribution in [0.15, 0.2) is 17.3 Å². The van der Waals surface area contributed by atoms with E-state index in [1.54, 1.807) is 7.05 Å². The molecule has 1 heterocycles. The zero-order valence-corrected chi connectivity index (χ0v) is 10.2. The molecule has 0 fully saturated rings. The minimum Gasteiger partial charge on any atom is -0.256 e. The maximum Gasteiger partial charge on any atom is 0.257 e. The molecule has 1 rings (SSSR count). The summed E-state index contributed by atoms with van der Waals surface area (Å²) in [6.07, 6.45) is 2.04. The second-order valence-electron chi connectivity index (χ2n) is 3.26. The van der Waals surface area contributed by atoms with Crippen molar-refractivity contribution in [2.75, 3.05) is 6.54 Å². The standard InChI is InChI=1S/C8H14ClN3O2S/c1-7(9)3-6-11-15(13,14)8-4-5-10-12(8)2/h4-5,7,11H,3,6H2,1-2H3. The zero-order chi connectivity index (χ0) is 11.5.